The van der Waals surface area contributed by atoms with Gasteiger partial charge in [-0.3, -0.25) is 9.59 Å². The van der Waals surface area contributed by atoms with Crippen molar-refractivity contribution in [2.45, 2.75) is 20.3 Å². The topological polar surface area (TPSA) is 34.1 Å². The summed E-state index contributed by atoms with van der Waals surface area (Å²) in [5.74, 6) is -0.0650. The lowest BCUT2D eigenvalue weighted by molar-refractivity contribution is 0.101. The van der Waals surface area contributed by atoms with Gasteiger partial charge in [-0.25, -0.2) is 0 Å². The summed E-state index contributed by atoms with van der Waals surface area (Å²) in [6.07, 6.45) is 1.61. The summed E-state index contributed by atoms with van der Waals surface area (Å²) in [5.41, 5.74) is 2.08. The quantitative estimate of drug-likeness (QED) is 0.523. The summed E-state index contributed by atoms with van der Waals surface area (Å²) in [4.78, 5) is 21.7. The average molecular weight is 176 g/mol. The highest BCUT2D eigenvalue weighted by Gasteiger charge is 2.06. The molecule has 0 radical (unpaired) electrons. The van der Waals surface area contributed by atoms with Crippen molar-refractivity contribution >= 4 is 12.1 Å². The Hall–Kier alpha value is -1.44. The van der Waals surface area contributed by atoms with Gasteiger partial charge in [-0.1, -0.05) is 19.1 Å². The molecule has 0 aromatic heterocycles. The maximum Gasteiger partial charge on any atom is 0.160 e. The van der Waals surface area contributed by atoms with Gasteiger partial charge in [0.1, 0.15) is 0 Å². The van der Waals surface area contributed by atoms with E-state index in [1.54, 1.807) is 12.1 Å². The number of rotatable bonds is 3. The molecule has 0 atom stereocenters. The fourth-order valence-electron chi connectivity index (χ4n) is 1.25. The minimum absolute atomic E-state index is 0.0650. The van der Waals surface area contributed by atoms with E-state index in [9.17, 15) is 9.59 Å². The third-order valence-corrected chi connectivity index (χ3v) is 2.03. The molecule has 0 saturated heterocycles. The largest absolute Gasteiger partial charge is 0.298 e. The van der Waals surface area contributed by atoms with Gasteiger partial charge in [-0.2, -0.15) is 0 Å². The fourth-order valence-corrected chi connectivity index (χ4v) is 1.25. The maximum atomic E-state index is 11.1. The van der Waals surface area contributed by atoms with E-state index in [-0.39, 0.29) is 5.78 Å². The van der Waals surface area contributed by atoms with Gasteiger partial charge in [-0.05, 0) is 25.0 Å². The van der Waals surface area contributed by atoms with E-state index in [4.69, 9.17) is 0 Å². The third kappa shape index (κ3) is 2.02. The Labute approximate surface area is 77.6 Å². The molecule has 0 aliphatic rings. The van der Waals surface area contributed by atoms with E-state index in [1.807, 2.05) is 13.0 Å². The Morgan fingerprint density at radius 3 is 2.62 bits per heavy atom. The fraction of sp³-hybridized carbons (Fsp3) is 0.273. The number of ketones is 1. The average Bonchev–Trinajstić information content (AvgIpc) is 2.16. The molecule has 0 aliphatic carbocycles. The molecular formula is C11H12O2. The Kier molecular flexibility index (Phi) is 2.96. The number of carbonyl (C=O) groups excluding carboxylic acids is 2. The van der Waals surface area contributed by atoms with Crippen molar-refractivity contribution in [1.82, 2.24) is 0 Å². The molecule has 68 valence electrons. The molecular weight excluding hydrogens is 164 g/mol. The zero-order valence-electron chi connectivity index (χ0n) is 7.83. The van der Waals surface area contributed by atoms with Crippen LogP contribution in [0.25, 0.3) is 0 Å². The molecule has 0 N–H and O–H groups in total. The standard InChI is InChI=1S/C11H12O2/c1-3-9-4-5-11(8(2)13)10(6-9)7-12/h4-7H,3H2,1-2H3. The van der Waals surface area contributed by atoms with Gasteiger partial charge in [0.15, 0.2) is 12.1 Å². The molecule has 1 aromatic rings. The number of Topliss-reactive ketones (excluding diaryl/α,β-unsaturated/α-hetero) is 1. The molecule has 13 heavy (non-hydrogen) atoms. The van der Waals surface area contributed by atoms with Crippen molar-refractivity contribution < 1.29 is 9.59 Å². The summed E-state index contributed by atoms with van der Waals surface area (Å²) in [5, 5.41) is 0. The minimum atomic E-state index is -0.0650. The van der Waals surface area contributed by atoms with Crippen molar-refractivity contribution in [3.63, 3.8) is 0 Å². The van der Waals surface area contributed by atoms with Crippen molar-refractivity contribution in [2.75, 3.05) is 0 Å². The van der Waals surface area contributed by atoms with Crippen LogP contribution in [0.2, 0.25) is 0 Å². The Morgan fingerprint density at radius 2 is 2.15 bits per heavy atom. The summed E-state index contributed by atoms with van der Waals surface area (Å²) in [7, 11) is 0. The number of hydrogen-bond acceptors (Lipinski definition) is 2. The third-order valence-electron chi connectivity index (χ3n) is 2.03. The molecule has 0 spiro atoms. The van der Waals surface area contributed by atoms with Gasteiger partial charge in [0.2, 0.25) is 0 Å². The normalized spacial score (nSPS) is 9.69. The molecule has 1 aromatic carbocycles. The van der Waals surface area contributed by atoms with Crippen LogP contribution >= 0.6 is 0 Å². The van der Waals surface area contributed by atoms with Crippen LogP contribution in [-0.2, 0) is 6.42 Å². The van der Waals surface area contributed by atoms with Crippen molar-refractivity contribution in [3.05, 3.63) is 34.9 Å². The predicted molar refractivity (Wildman–Crippen MR) is 51.2 cm³/mol. The molecule has 1 rings (SSSR count). The number of hydrogen-bond donors (Lipinski definition) is 0. The molecule has 0 unspecified atom stereocenters. The highest BCUT2D eigenvalue weighted by Crippen LogP contribution is 2.11. The second kappa shape index (κ2) is 3.99. The van der Waals surface area contributed by atoms with E-state index in [0.29, 0.717) is 11.1 Å². The second-order valence-corrected chi connectivity index (χ2v) is 2.95. The van der Waals surface area contributed by atoms with Gasteiger partial charge < -0.3 is 0 Å². The Morgan fingerprint density at radius 1 is 1.46 bits per heavy atom. The molecule has 2 heteroatoms. The molecule has 0 aliphatic heterocycles. The highest BCUT2D eigenvalue weighted by molar-refractivity contribution is 6.01. The number of aryl methyl sites for hydroxylation is 1. The van der Waals surface area contributed by atoms with E-state index >= 15 is 0 Å². The SMILES string of the molecule is CCc1ccc(C(C)=O)c(C=O)c1. The van der Waals surface area contributed by atoms with Crippen LogP contribution in [0.5, 0.6) is 0 Å². The lowest BCUT2D eigenvalue weighted by Gasteiger charge is -2.02. The highest BCUT2D eigenvalue weighted by atomic mass is 16.1. The van der Waals surface area contributed by atoms with Crippen LogP contribution in [0, 0.1) is 0 Å². The first-order valence-electron chi connectivity index (χ1n) is 4.28. The summed E-state index contributed by atoms with van der Waals surface area (Å²) in [6.45, 7) is 3.48. The van der Waals surface area contributed by atoms with Crippen LogP contribution in [0.1, 0.15) is 40.1 Å². The monoisotopic (exact) mass is 176 g/mol. The van der Waals surface area contributed by atoms with Gasteiger partial charge in [0.05, 0.1) is 0 Å². The molecule has 0 saturated carbocycles. The van der Waals surface area contributed by atoms with Crippen LogP contribution in [0.4, 0.5) is 0 Å². The van der Waals surface area contributed by atoms with E-state index in [0.717, 1.165) is 18.3 Å². The first-order valence-corrected chi connectivity index (χ1v) is 4.28. The maximum absolute atomic E-state index is 11.1. The van der Waals surface area contributed by atoms with Crippen molar-refractivity contribution in [1.29, 1.82) is 0 Å². The smallest absolute Gasteiger partial charge is 0.160 e. The van der Waals surface area contributed by atoms with Crippen molar-refractivity contribution in [2.24, 2.45) is 0 Å². The van der Waals surface area contributed by atoms with Crippen molar-refractivity contribution in [3.8, 4) is 0 Å². The molecule has 2 nitrogen and oxygen atoms in total. The predicted octanol–water partition coefficient (Wildman–Crippen LogP) is 2.26. The zero-order valence-corrected chi connectivity index (χ0v) is 7.83. The molecule has 0 heterocycles. The van der Waals surface area contributed by atoms with E-state index in [2.05, 4.69) is 0 Å². The molecule has 0 fully saturated rings. The molecule has 0 amide bonds. The van der Waals surface area contributed by atoms with E-state index < -0.39 is 0 Å². The summed E-state index contributed by atoms with van der Waals surface area (Å²) in [6, 6.07) is 5.36. The number of carbonyl (C=O) groups is 2. The van der Waals surface area contributed by atoms with Gasteiger partial charge in [0.25, 0.3) is 0 Å². The lowest BCUT2D eigenvalue weighted by atomic mass is 10.0. The van der Waals surface area contributed by atoms with Crippen LogP contribution < -0.4 is 0 Å². The van der Waals surface area contributed by atoms with Gasteiger partial charge >= 0.3 is 0 Å². The summed E-state index contributed by atoms with van der Waals surface area (Å²) >= 11 is 0. The second-order valence-electron chi connectivity index (χ2n) is 2.95. The van der Waals surface area contributed by atoms with E-state index in [1.165, 1.54) is 6.92 Å². The number of benzene rings is 1. The first-order chi connectivity index (χ1) is 6.19. The minimum Gasteiger partial charge on any atom is -0.298 e. The lowest BCUT2D eigenvalue weighted by Crippen LogP contribution is -1.99. The van der Waals surface area contributed by atoms with Crippen LogP contribution in [0.3, 0.4) is 0 Å². The number of aldehydes is 1. The first kappa shape index (κ1) is 9.65. The Balaban J connectivity index is 3.23. The van der Waals surface area contributed by atoms with Crippen LogP contribution in [-0.4, -0.2) is 12.1 Å². The molecule has 0 bridgehead atoms. The Bertz CT molecular complexity index is 340. The summed E-state index contributed by atoms with van der Waals surface area (Å²) < 4.78 is 0. The zero-order chi connectivity index (χ0) is 9.84. The van der Waals surface area contributed by atoms with Crippen LogP contribution in [0.15, 0.2) is 18.2 Å². The van der Waals surface area contributed by atoms with Gasteiger partial charge in [-0.15, -0.1) is 0 Å². The van der Waals surface area contributed by atoms with Gasteiger partial charge in [0, 0.05) is 11.1 Å².